The molecule has 0 bridgehead atoms. The standard InChI is InChI=1S/C14H16BrNO4/c1-7-12-8(5-10(16(12)2)14(18)20-4)11(15)9(6-17)13(7)19-3/h5,17H,6H2,1-4H3. The third-order valence-corrected chi connectivity index (χ3v) is 4.37. The number of hydrogen-bond donors (Lipinski definition) is 1. The van der Waals surface area contributed by atoms with Gasteiger partial charge in [-0.2, -0.15) is 0 Å². The molecular weight excluding hydrogens is 326 g/mol. The quantitative estimate of drug-likeness (QED) is 0.871. The summed E-state index contributed by atoms with van der Waals surface area (Å²) >= 11 is 3.48. The van der Waals surface area contributed by atoms with Gasteiger partial charge < -0.3 is 19.1 Å². The first-order valence-corrected chi connectivity index (χ1v) is 6.80. The lowest BCUT2D eigenvalue weighted by molar-refractivity contribution is 0.0590. The Bertz CT molecular complexity index is 691. The summed E-state index contributed by atoms with van der Waals surface area (Å²) in [5.74, 6) is 0.212. The van der Waals surface area contributed by atoms with Crippen LogP contribution in [0.1, 0.15) is 21.6 Å². The molecule has 1 aromatic carbocycles. The molecule has 108 valence electrons. The fourth-order valence-corrected chi connectivity index (χ4v) is 3.15. The molecule has 6 heteroatoms. The van der Waals surface area contributed by atoms with Crippen LogP contribution in [0.2, 0.25) is 0 Å². The summed E-state index contributed by atoms with van der Waals surface area (Å²) in [6.07, 6.45) is 0. The van der Waals surface area contributed by atoms with Crippen molar-refractivity contribution in [3.63, 3.8) is 0 Å². The summed E-state index contributed by atoms with van der Waals surface area (Å²) < 4.78 is 12.7. The molecule has 0 aliphatic carbocycles. The molecule has 5 nitrogen and oxygen atoms in total. The first-order chi connectivity index (χ1) is 9.47. The molecule has 0 unspecified atom stereocenters. The van der Waals surface area contributed by atoms with Crippen LogP contribution in [0.5, 0.6) is 5.75 Å². The number of hydrogen-bond acceptors (Lipinski definition) is 4. The molecule has 0 aliphatic rings. The molecule has 1 aromatic heterocycles. The summed E-state index contributed by atoms with van der Waals surface area (Å²) in [6.45, 7) is 1.75. The third kappa shape index (κ3) is 1.99. The molecule has 2 aromatic rings. The molecule has 1 N–H and O–H groups in total. The van der Waals surface area contributed by atoms with E-state index in [4.69, 9.17) is 9.47 Å². The minimum absolute atomic E-state index is 0.150. The molecule has 0 saturated heterocycles. The highest BCUT2D eigenvalue weighted by molar-refractivity contribution is 9.10. The van der Waals surface area contributed by atoms with Gasteiger partial charge in [0, 0.05) is 28.0 Å². The van der Waals surface area contributed by atoms with Crippen LogP contribution in [0.25, 0.3) is 10.9 Å². The zero-order valence-electron chi connectivity index (χ0n) is 11.8. The first-order valence-electron chi connectivity index (χ1n) is 6.01. The van der Waals surface area contributed by atoms with Gasteiger partial charge in [0.25, 0.3) is 0 Å². The number of carbonyl (C=O) groups excluding carboxylic acids is 1. The average Bonchev–Trinajstić information content (AvgIpc) is 2.79. The molecule has 0 aliphatic heterocycles. The molecule has 1 heterocycles. The molecule has 0 spiro atoms. The zero-order chi connectivity index (χ0) is 15.0. The number of halogens is 1. The van der Waals surface area contributed by atoms with Crippen LogP contribution in [-0.4, -0.2) is 29.9 Å². The lowest BCUT2D eigenvalue weighted by atomic mass is 10.1. The Kier molecular flexibility index (Phi) is 4.06. The van der Waals surface area contributed by atoms with E-state index in [0.29, 0.717) is 17.0 Å². The van der Waals surface area contributed by atoms with Crippen LogP contribution < -0.4 is 4.74 Å². The van der Waals surface area contributed by atoms with Gasteiger partial charge in [-0.3, -0.25) is 0 Å². The van der Waals surface area contributed by atoms with Crippen LogP contribution in [0.4, 0.5) is 0 Å². The van der Waals surface area contributed by atoms with Gasteiger partial charge in [-0.15, -0.1) is 0 Å². The van der Waals surface area contributed by atoms with E-state index in [0.717, 1.165) is 20.9 Å². The second-order valence-corrected chi connectivity index (χ2v) is 5.24. The van der Waals surface area contributed by atoms with Crippen LogP contribution in [0, 0.1) is 6.92 Å². The molecule has 0 atom stereocenters. The second-order valence-electron chi connectivity index (χ2n) is 4.45. The van der Waals surface area contributed by atoms with Crippen molar-refractivity contribution in [2.24, 2.45) is 7.05 Å². The van der Waals surface area contributed by atoms with Gasteiger partial charge in [0.05, 0.1) is 26.3 Å². The number of aromatic nitrogens is 1. The normalized spacial score (nSPS) is 10.9. The van der Waals surface area contributed by atoms with E-state index in [1.807, 2.05) is 6.92 Å². The molecule has 2 rings (SSSR count). The van der Waals surface area contributed by atoms with Gasteiger partial charge in [-0.1, -0.05) is 0 Å². The lowest BCUT2D eigenvalue weighted by Crippen LogP contribution is -2.07. The highest BCUT2D eigenvalue weighted by Gasteiger charge is 2.22. The summed E-state index contributed by atoms with van der Waals surface area (Å²) in [5.41, 5.74) is 2.85. The zero-order valence-corrected chi connectivity index (χ0v) is 13.4. The maximum atomic E-state index is 11.8. The van der Waals surface area contributed by atoms with Crippen LogP contribution in [0.3, 0.4) is 0 Å². The van der Waals surface area contributed by atoms with Crippen molar-refractivity contribution in [2.45, 2.75) is 13.5 Å². The molecular formula is C14H16BrNO4. The number of nitrogens with zero attached hydrogens (tertiary/aromatic N) is 1. The maximum absolute atomic E-state index is 11.8. The smallest absolute Gasteiger partial charge is 0.354 e. The van der Waals surface area contributed by atoms with Gasteiger partial charge in [-0.25, -0.2) is 4.79 Å². The fourth-order valence-electron chi connectivity index (χ4n) is 2.54. The largest absolute Gasteiger partial charge is 0.496 e. The molecule has 20 heavy (non-hydrogen) atoms. The van der Waals surface area contributed by atoms with Crippen molar-refractivity contribution < 1.29 is 19.4 Å². The van der Waals surface area contributed by atoms with Gasteiger partial charge >= 0.3 is 5.97 Å². The van der Waals surface area contributed by atoms with E-state index >= 15 is 0 Å². The highest BCUT2D eigenvalue weighted by Crippen LogP contribution is 2.40. The number of aryl methyl sites for hydroxylation is 2. The Morgan fingerprint density at radius 2 is 2.10 bits per heavy atom. The molecule has 0 amide bonds. The van der Waals surface area contributed by atoms with E-state index < -0.39 is 5.97 Å². The minimum Gasteiger partial charge on any atom is -0.496 e. The Balaban J connectivity index is 2.92. The van der Waals surface area contributed by atoms with E-state index in [2.05, 4.69) is 15.9 Å². The summed E-state index contributed by atoms with van der Waals surface area (Å²) in [4.78, 5) is 11.8. The summed E-state index contributed by atoms with van der Waals surface area (Å²) in [5, 5.41) is 10.4. The van der Waals surface area contributed by atoms with Crippen LogP contribution in [-0.2, 0) is 18.4 Å². The number of fused-ring (bicyclic) bond motifs is 1. The van der Waals surface area contributed by atoms with Crippen LogP contribution >= 0.6 is 15.9 Å². The first kappa shape index (κ1) is 14.9. The minimum atomic E-state index is -0.403. The SMILES string of the molecule is COC(=O)c1cc2c(Br)c(CO)c(OC)c(C)c2n1C. The van der Waals surface area contributed by atoms with Gasteiger partial charge in [0.1, 0.15) is 11.4 Å². The number of aliphatic hydroxyl groups excluding tert-OH is 1. The van der Waals surface area contributed by atoms with E-state index in [-0.39, 0.29) is 6.61 Å². The third-order valence-electron chi connectivity index (χ3n) is 3.46. The van der Waals surface area contributed by atoms with Gasteiger partial charge in [0.15, 0.2) is 0 Å². The highest BCUT2D eigenvalue weighted by atomic mass is 79.9. The monoisotopic (exact) mass is 341 g/mol. The predicted molar refractivity (Wildman–Crippen MR) is 79.2 cm³/mol. The Hall–Kier alpha value is -1.53. The summed E-state index contributed by atoms with van der Waals surface area (Å²) in [7, 11) is 4.71. The molecule has 0 radical (unpaired) electrons. The van der Waals surface area contributed by atoms with Crippen LogP contribution in [0.15, 0.2) is 10.5 Å². The van der Waals surface area contributed by atoms with Crippen molar-refractivity contribution in [1.82, 2.24) is 4.57 Å². The number of ether oxygens (including phenoxy) is 2. The number of esters is 1. The number of carbonyl (C=O) groups is 1. The average molecular weight is 342 g/mol. The molecule has 0 saturated carbocycles. The van der Waals surface area contributed by atoms with Gasteiger partial charge in [0.2, 0.25) is 0 Å². The lowest BCUT2D eigenvalue weighted by Gasteiger charge is -2.14. The van der Waals surface area contributed by atoms with E-state index in [9.17, 15) is 9.90 Å². The maximum Gasteiger partial charge on any atom is 0.354 e. The number of methoxy groups -OCH3 is 2. The van der Waals surface area contributed by atoms with Crippen molar-refractivity contribution in [3.05, 3.63) is 27.4 Å². The van der Waals surface area contributed by atoms with Gasteiger partial charge in [-0.05, 0) is 28.9 Å². The summed E-state index contributed by atoms with van der Waals surface area (Å²) in [6, 6.07) is 1.75. The Morgan fingerprint density at radius 3 is 2.60 bits per heavy atom. The Morgan fingerprint density at radius 1 is 1.45 bits per heavy atom. The number of rotatable bonds is 3. The van der Waals surface area contributed by atoms with Crippen molar-refractivity contribution in [1.29, 1.82) is 0 Å². The van der Waals surface area contributed by atoms with Crippen molar-refractivity contribution in [3.8, 4) is 5.75 Å². The Labute approximate surface area is 125 Å². The topological polar surface area (TPSA) is 60.7 Å². The van der Waals surface area contributed by atoms with E-state index in [1.54, 1.807) is 24.8 Å². The number of aliphatic hydroxyl groups is 1. The van der Waals surface area contributed by atoms with E-state index in [1.165, 1.54) is 7.11 Å². The molecule has 0 fully saturated rings. The fraction of sp³-hybridized carbons (Fsp3) is 0.357. The predicted octanol–water partition coefficient (Wildman–Crippen LogP) is 2.54. The second kappa shape index (κ2) is 5.46. The van der Waals surface area contributed by atoms with Crippen molar-refractivity contribution in [2.75, 3.05) is 14.2 Å². The van der Waals surface area contributed by atoms with Crippen molar-refractivity contribution >= 4 is 32.8 Å². The number of benzene rings is 1.